The van der Waals surface area contributed by atoms with E-state index in [1.165, 1.54) is 173 Å². The van der Waals surface area contributed by atoms with Crippen LogP contribution in [0.5, 0.6) is 0 Å². The fraction of sp³-hybridized carbons (Fsp3) is 0.817. The number of carbonyl (C=O) groups is 1. The smallest absolute Gasteiger partial charge is 0.220 e. The summed E-state index contributed by atoms with van der Waals surface area (Å²) < 4.78 is 22.8. The van der Waals surface area contributed by atoms with Gasteiger partial charge >= 0.3 is 0 Å². The molecule has 12 unspecified atom stereocenters. The Morgan fingerprint density at radius 2 is 0.824 bits per heavy atom. The quantitative estimate of drug-likeness (QED) is 0.0204. The van der Waals surface area contributed by atoms with Crippen LogP contribution in [0.2, 0.25) is 0 Å². The Morgan fingerprint density at radius 1 is 0.435 bits per heavy atom. The summed E-state index contributed by atoms with van der Waals surface area (Å²) in [7, 11) is 0. The van der Waals surface area contributed by atoms with Gasteiger partial charge in [0.25, 0.3) is 0 Å². The van der Waals surface area contributed by atoms with Gasteiger partial charge in [-0.15, -0.1) is 0 Å². The summed E-state index contributed by atoms with van der Waals surface area (Å²) in [4.78, 5) is 13.3. The lowest BCUT2D eigenvalue weighted by Crippen LogP contribution is -2.65. The van der Waals surface area contributed by atoms with Crippen molar-refractivity contribution in [3.8, 4) is 0 Å². The van der Waals surface area contributed by atoms with Crippen molar-refractivity contribution in [1.29, 1.82) is 0 Å². The Kier molecular flexibility index (Phi) is 51.3. The Labute approximate surface area is 517 Å². The van der Waals surface area contributed by atoms with Crippen molar-refractivity contribution in [2.75, 3.05) is 19.8 Å². The lowest BCUT2D eigenvalue weighted by Gasteiger charge is -2.46. The van der Waals surface area contributed by atoms with Crippen LogP contribution in [0.1, 0.15) is 277 Å². The molecule has 2 rings (SSSR count). The number of aliphatic hydroxyl groups is 8. The van der Waals surface area contributed by atoms with Crippen LogP contribution in [-0.2, 0) is 23.7 Å². The minimum absolute atomic E-state index is 0.257. The summed E-state index contributed by atoms with van der Waals surface area (Å²) >= 11 is 0. The molecular formula is C71H127NO13. The van der Waals surface area contributed by atoms with E-state index in [1.807, 2.05) is 6.08 Å². The standard InChI is InChI=1S/C71H127NO13/c1-3-5-7-9-11-13-15-17-19-21-23-25-26-27-28-29-30-31-32-33-35-36-38-40-42-44-46-48-50-52-54-60(75)59(58-82-70-68(81)66(79)69(62(57-74)84-70)85-71-67(80)65(78)64(77)61(56-73)83-71)72-63(76)55-53-51-49-47-45-43-41-39-37-34-24-22-20-18-16-14-12-10-8-6-4-2/h6,8,12,14,18,20,24,34,44,46,52,54,59-62,64-71,73-75,77-81H,3-5,7,9-11,13,15-17,19,21-23,25-33,35-43,45,47-51,53,55-58H2,1-2H3,(H,72,76)/b8-6-,14-12-,20-18-,34-24-,46-44+,54-52+. The zero-order valence-corrected chi connectivity index (χ0v) is 53.6. The maximum atomic E-state index is 13.3. The summed E-state index contributed by atoms with van der Waals surface area (Å²) in [6, 6.07) is -0.941. The largest absolute Gasteiger partial charge is 0.394 e. The zero-order chi connectivity index (χ0) is 61.6. The number of hydrogen-bond donors (Lipinski definition) is 9. The third-order valence-electron chi connectivity index (χ3n) is 16.6. The summed E-state index contributed by atoms with van der Waals surface area (Å²) in [5, 5.41) is 87.4. The van der Waals surface area contributed by atoms with Crippen LogP contribution in [0.25, 0.3) is 0 Å². The molecule has 0 spiro atoms. The van der Waals surface area contributed by atoms with Crippen molar-refractivity contribution in [2.45, 2.75) is 351 Å². The van der Waals surface area contributed by atoms with Crippen LogP contribution in [-0.4, -0.2) is 140 Å². The Morgan fingerprint density at radius 3 is 1.29 bits per heavy atom. The van der Waals surface area contributed by atoms with Gasteiger partial charge in [-0.25, -0.2) is 0 Å². The van der Waals surface area contributed by atoms with E-state index in [0.717, 1.165) is 70.6 Å². The molecule has 12 atom stereocenters. The molecule has 85 heavy (non-hydrogen) atoms. The molecule has 0 radical (unpaired) electrons. The highest BCUT2D eigenvalue weighted by Crippen LogP contribution is 2.30. The third-order valence-corrected chi connectivity index (χ3v) is 16.6. The van der Waals surface area contributed by atoms with Crippen LogP contribution in [0.15, 0.2) is 72.9 Å². The number of ether oxygens (including phenoxy) is 4. The van der Waals surface area contributed by atoms with Crippen molar-refractivity contribution >= 4 is 5.91 Å². The van der Waals surface area contributed by atoms with Crippen molar-refractivity contribution in [1.82, 2.24) is 5.32 Å². The molecule has 0 aliphatic carbocycles. The Bertz CT molecular complexity index is 1700. The monoisotopic (exact) mass is 1200 g/mol. The number of rotatable bonds is 56. The van der Waals surface area contributed by atoms with Gasteiger partial charge in [-0.3, -0.25) is 4.79 Å². The predicted molar refractivity (Wildman–Crippen MR) is 346 cm³/mol. The molecule has 14 nitrogen and oxygen atoms in total. The van der Waals surface area contributed by atoms with Gasteiger partial charge in [0.1, 0.15) is 48.8 Å². The highest BCUT2D eigenvalue weighted by Gasteiger charge is 2.51. The minimum atomic E-state index is -1.80. The summed E-state index contributed by atoms with van der Waals surface area (Å²) in [6.07, 6.45) is 58.2. The van der Waals surface area contributed by atoms with E-state index in [-0.39, 0.29) is 18.9 Å². The van der Waals surface area contributed by atoms with Gasteiger partial charge in [0.05, 0.1) is 32.0 Å². The van der Waals surface area contributed by atoms with Crippen molar-refractivity contribution < 1.29 is 64.6 Å². The van der Waals surface area contributed by atoms with Crippen LogP contribution < -0.4 is 5.32 Å². The second kappa shape index (κ2) is 55.5. The number of hydrogen-bond acceptors (Lipinski definition) is 13. The van der Waals surface area contributed by atoms with Gasteiger partial charge in [0.15, 0.2) is 12.6 Å². The fourth-order valence-corrected chi connectivity index (χ4v) is 11.1. The first-order valence-electron chi connectivity index (χ1n) is 34.7. The van der Waals surface area contributed by atoms with Crippen molar-refractivity contribution in [3.63, 3.8) is 0 Å². The molecule has 0 bridgehead atoms. The number of unbranched alkanes of at least 4 members (excludes halogenated alkanes) is 33. The molecule has 9 N–H and O–H groups in total. The summed E-state index contributed by atoms with van der Waals surface area (Å²) in [6.45, 7) is 2.69. The molecular weight excluding hydrogens is 1070 g/mol. The molecule has 0 aromatic rings. The molecule has 1 amide bonds. The molecule has 2 aliphatic heterocycles. The van der Waals surface area contributed by atoms with Crippen molar-refractivity contribution in [3.05, 3.63) is 72.9 Å². The Balaban J connectivity index is 1.70. The molecule has 2 heterocycles. The maximum Gasteiger partial charge on any atom is 0.220 e. The number of amides is 1. The lowest BCUT2D eigenvalue weighted by atomic mass is 9.97. The first kappa shape index (κ1) is 78.5. The van der Waals surface area contributed by atoms with Crippen LogP contribution in [0.4, 0.5) is 0 Å². The summed E-state index contributed by atoms with van der Waals surface area (Å²) in [5.41, 5.74) is 0. The summed E-state index contributed by atoms with van der Waals surface area (Å²) in [5.74, 6) is -0.257. The molecule has 2 fully saturated rings. The average Bonchev–Trinajstić information content (AvgIpc) is 3.69. The first-order valence-corrected chi connectivity index (χ1v) is 34.7. The number of nitrogens with one attached hydrogen (secondary N) is 1. The predicted octanol–water partition coefficient (Wildman–Crippen LogP) is 13.8. The Hall–Kier alpha value is -2.57. The highest BCUT2D eigenvalue weighted by molar-refractivity contribution is 5.76. The van der Waals surface area contributed by atoms with E-state index in [4.69, 9.17) is 18.9 Å². The van der Waals surface area contributed by atoms with E-state index < -0.39 is 86.8 Å². The van der Waals surface area contributed by atoms with Crippen LogP contribution in [0.3, 0.4) is 0 Å². The van der Waals surface area contributed by atoms with E-state index in [1.54, 1.807) is 6.08 Å². The molecule has 494 valence electrons. The van der Waals surface area contributed by atoms with E-state index in [2.05, 4.69) is 79.9 Å². The fourth-order valence-electron chi connectivity index (χ4n) is 11.1. The van der Waals surface area contributed by atoms with Gasteiger partial charge in [-0.1, -0.05) is 273 Å². The molecule has 0 aromatic carbocycles. The number of carbonyl (C=O) groups excluding carboxylic acids is 1. The SMILES string of the molecule is CC/C=C\C/C=C\C/C=C\C/C=C\CCCCCCCCCCC(=O)NC(COC1OC(CO)C(OC2OC(CO)C(O)C(O)C2O)C(O)C1O)C(O)/C=C/CC/C=C/CCCCCCCCCCCCCCCCCCCCCCCCCC. The normalized spacial score (nSPS) is 24.0. The topological polar surface area (TPSA) is 228 Å². The van der Waals surface area contributed by atoms with Gasteiger partial charge in [0, 0.05) is 6.42 Å². The van der Waals surface area contributed by atoms with Gasteiger partial charge in [-0.05, 0) is 70.6 Å². The molecule has 14 heteroatoms. The second-order valence-electron chi connectivity index (χ2n) is 24.3. The van der Waals surface area contributed by atoms with E-state index in [0.29, 0.717) is 12.8 Å². The number of allylic oxidation sites excluding steroid dienone is 11. The maximum absolute atomic E-state index is 13.3. The molecule has 0 saturated carbocycles. The minimum Gasteiger partial charge on any atom is -0.394 e. The molecule has 2 aliphatic rings. The highest BCUT2D eigenvalue weighted by atomic mass is 16.7. The van der Waals surface area contributed by atoms with E-state index >= 15 is 0 Å². The van der Waals surface area contributed by atoms with Crippen LogP contribution >= 0.6 is 0 Å². The first-order chi connectivity index (χ1) is 41.6. The number of aliphatic hydroxyl groups excluding tert-OH is 8. The zero-order valence-electron chi connectivity index (χ0n) is 53.6. The van der Waals surface area contributed by atoms with Gasteiger partial charge < -0.3 is 65.1 Å². The lowest BCUT2D eigenvalue weighted by molar-refractivity contribution is -0.359. The molecule has 0 aromatic heterocycles. The second-order valence-corrected chi connectivity index (χ2v) is 24.3. The average molecular weight is 1200 g/mol. The van der Waals surface area contributed by atoms with Crippen LogP contribution in [0, 0.1) is 0 Å². The van der Waals surface area contributed by atoms with Gasteiger partial charge in [-0.2, -0.15) is 0 Å². The molecule has 2 saturated heterocycles. The van der Waals surface area contributed by atoms with Gasteiger partial charge in [0.2, 0.25) is 5.91 Å². The van der Waals surface area contributed by atoms with E-state index in [9.17, 15) is 45.6 Å². The van der Waals surface area contributed by atoms with Crippen molar-refractivity contribution in [2.24, 2.45) is 0 Å². The third kappa shape index (κ3) is 39.9.